The van der Waals surface area contributed by atoms with E-state index in [2.05, 4.69) is 5.48 Å². The van der Waals surface area contributed by atoms with Crippen molar-refractivity contribution in [2.45, 2.75) is 6.92 Å². The van der Waals surface area contributed by atoms with Gasteiger partial charge in [-0.1, -0.05) is 35.9 Å². The molecule has 0 unspecified atom stereocenters. The Morgan fingerprint density at radius 2 is 1.65 bits per heavy atom. The van der Waals surface area contributed by atoms with Crippen LogP contribution in [0.1, 0.15) is 15.9 Å². The SMILES string of the molecule is Cc1ccc(NOC(=O)c2ccccc2)cc1. The van der Waals surface area contributed by atoms with E-state index in [1.807, 2.05) is 37.3 Å². The smallest absolute Gasteiger partial charge is 0.338 e. The van der Waals surface area contributed by atoms with Crippen LogP contribution in [0.15, 0.2) is 54.6 Å². The van der Waals surface area contributed by atoms with Crippen molar-refractivity contribution in [3.8, 4) is 0 Å². The monoisotopic (exact) mass is 227 g/mol. The fourth-order valence-electron chi connectivity index (χ4n) is 1.36. The maximum atomic E-state index is 11.6. The summed E-state index contributed by atoms with van der Waals surface area (Å²) in [7, 11) is 0. The standard InChI is InChI=1S/C14H13NO2/c1-11-7-9-13(10-8-11)15-17-14(16)12-5-3-2-4-6-12/h2-10,15H,1H3. The lowest BCUT2D eigenvalue weighted by molar-refractivity contribution is 0.0596. The van der Waals surface area contributed by atoms with Gasteiger partial charge in [-0.2, -0.15) is 0 Å². The predicted octanol–water partition coefficient (Wildman–Crippen LogP) is 3.18. The molecule has 0 fully saturated rings. The van der Waals surface area contributed by atoms with E-state index < -0.39 is 5.97 Å². The first-order valence-corrected chi connectivity index (χ1v) is 5.34. The van der Waals surface area contributed by atoms with Crippen LogP contribution in [0.5, 0.6) is 0 Å². The third-order valence-corrected chi connectivity index (χ3v) is 2.32. The molecular weight excluding hydrogens is 214 g/mol. The Morgan fingerprint density at radius 1 is 1.00 bits per heavy atom. The Balaban J connectivity index is 1.95. The summed E-state index contributed by atoms with van der Waals surface area (Å²) < 4.78 is 0. The number of carbonyl (C=O) groups is 1. The molecule has 0 aliphatic carbocycles. The van der Waals surface area contributed by atoms with E-state index in [0.717, 1.165) is 11.3 Å². The summed E-state index contributed by atoms with van der Waals surface area (Å²) in [4.78, 5) is 16.6. The van der Waals surface area contributed by atoms with Crippen molar-refractivity contribution in [2.24, 2.45) is 0 Å². The topological polar surface area (TPSA) is 38.3 Å². The van der Waals surface area contributed by atoms with Gasteiger partial charge in [-0.3, -0.25) is 0 Å². The summed E-state index contributed by atoms with van der Waals surface area (Å²) in [5, 5.41) is 0. The minimum absolute atomic E-state index is 0.397. The Hall–Kier alpha value is -2.29. The van der Waals surface area contributed by atoms with Gasteiger partial charge in [0.25, 0.3) is 0 Å². The summed E-state index contributed by atoms with van der Waals surface area (Å²) in [5.41, 5.74) is 5.05. The summed E-state index contributed by atoms with van der Waals surface area (Å²) in [6, 6.07) is 16.5. The average molecular weight is 227 g/mol. The van der Waals surface area contributed by atoms with Crippen molar-refractivity contribution in [1.82, 2.24) is 0 Å². The lowest BCUT2D eigenvalue weighted by Crippen LogP contribution is -2.10. The van der Waals surface area contributed by atoms with Crippen molar-refractivity contribution < 1.29 is 9.63 Å². The number of nitrogens with one attached hydrogen (secondary N) is 1. The van der Waals surface area contributed by atoms with Gasteiger partial charge >= 0.3 is 5.97 Å². The zero-order valence-electron chi connectivity index (χ0n) is 9.51. The Kier molecular flexibility index (Phi) is 3.40. The molecule has 2 aromatic carbocycles. The third kappa shape index (κ3) is 3.08. The highest BCUT2D eigenvalue weighted by molar-refractivity contribution is 5.89. The maximum Gasteiger partial charge on any atom is 0.362 e. The lowest BCUT2D eigenvalue weighted by Gasteiger charge is -2.06. The Labute approximate surface area is 100.0 Å². The van der Waals surface area contributed by atoms with Gasteiger partial charge in [0.1, 0.15) is 0 Å². The normalized spacial score (nSPS) is 9.71. The molecule has 0 saturated heterocycles. The second-order valence-electron chi connectivity index (χ2n) is 3.72. The van der Waals surface area contributed by atoms with Crippen LogP contribution < -0.4 is 5.48 Å². The predicted molar refractivity (Wildman–Crippen MR) is 66.7 cm³/mol. The van der Waals surface area contributed by atoms with Gasteiger partial charge < -0.3 is 4.84 Å². The summed E-state index contributed by atoms with van der Waals surface area (Å²) >= 11 is 0. The van der Waals surface area contributed by atoms with Gasteiger partial charge in [-0.05, 0) is 31.2 Å². The van der Waals surface area contributed by atoms with Crippen molar-refractivity contribution in [3.05, 3.63) is 65.7 Å². The molecule has 0 bridgehead atoms. The third-order valence-electron chi connectivity index (χ3n) is 2.32. The molecule has 0 radical (unpaired) electrons. The Bertz CT molecular complexity index is 491. The van der Waals surface area contributed by atoms with Gasteiger partial charge in [0, 0.05) is 0 Å². The highest BCUT2D eigenvalue weighted by Gasteiger charge is 2.05. The van der Waals surface area contributed by atoms with Crippen LogP contribution in [0.2, 0.25) is 0 Å². The van der Waals surface area contributed by atoms with Gasteiger partial charge in [-0.25, -0.2) is 10.3 Å². The zero-order valence-corrected chi connectivity index (χ0v) is 9.51. The highest BCUT2D eigenvalue weighted by atomic mass is 16.7. The first-order valence-electron chi connectivity index (χ1n) is 5.34. The number of anilines is 1. The van der Waals surface area contributed by atoms with Crippen molar-refractivity contribution in [2.75, 3.05) is 5.48 Å². The van der Waals surface area contributed by atoms with Crippen LogP contribution in [0.25, 0.3) is 0 Å². The lowest BCUT2D eigenvalue weighted by atomic mass is 10.2. The number of carbonyl (C=O) groups excluding carboxylic acids is 1. The van der Waals surface area contributed by atoms with E-state index in [0.29, 0.717) is 5.56 Å². The molecule has 3 heteroatoms. The summed E-state index contributed by atoms with van der Waals surface area (Å²) in [6.07, 6.45) is 0. The molecule has 0 saturated carbocycles. The van der Waals surface area contributed by atoms with E-state index >= 15 is 0 Å². The number of hydrogen-bond donors (Lipinski definition) is 1. The number of hydrogen-bond acceptors (Lipinski definition) is 3. The van der Waals surface area contributed by atoms with Gasteiger partial charge in [0.05, 0.1) is 11.3 Å². The molecule has 0 atom stereocenters. The molecule has 1 N–H and O–H groups in total. The van der Waals surface area contributed by atoms with Crippen molar-refractivity contribution >= 4 is 11.7 Å². The molecule has 0 aliphatic rings. The summed E-state index contributed by atoms with van der Waals surface area (Å²) in [6.45, 7) is 2.00. The number of rotatable bonds is 3. The largest absolute Gasteiger partial charge is 0.362 e. The molecule has 0 heterocycles. The maximum absolute atomic E-state index is 11.6. The molecule has 0 aromatic heterocycles. The average Bonchev–Trinajstić information content (AvgIpc) is 2.39. The molecule has 86 valence electrons. The van der Waals surface area contributed by atoms with E-state index in [-0.39, 0.29) is 0 Å². The van der Waals surface area contributed by atoms with Gasteiger partial charge in [0.15, 0.2) is 0 Å². The number of aryl methyl sites for hydroxylation is 1. The first kappa shape index (κ1) is 11.2. The Morgan fingerprint density at radius 3 is 2.29 bits per heavy atom. The van der Waals surface area contributed by atoms with Crippen LogP contribution in [0.3, 0.4) is 0 Å². The first-order chi connectivity index (χ1) is 8.25. The molecule has 0 spiro atoms. The minimum Gasteiger partial charge on any atom is -0.338 e. The second-order valence-corrected chi connectivity index (χ2v) is 3.72. The molecule has 17 heavy (non-hydrogen) atoms. The quantitative estimate of drug-likeness (QED) is 0.818. The van der Waals surface area contributed by atoms with Crippen LogP contribution in [0.4, 0.5) is 5.69 Å². The second kappa shape index (κ2) is 5.16. The molecular formula is C14H13NO2. The van der Waals surface area contributed by atoms with E-state index in [1.165, 1.54) is 0 Å². The van der Waals surface area contributed by atoms with Crippen LogP contribution >= 0.6 is 0 Å². The van der Waals surface area contributed by atoms with E-state index in [9.17, 15) is 4.79 Å². The minimum atomic E-state index is -0.397. The molecule has 0 aliphatic heterocycles. The number of benzene rings is 2. The van der Waals surface area contributed by atoms with Crippen molar-refractivity contribution in [1.29, 1.82) is 0 Å². The van der Waals surface area contributed by atoms with Crippen LogP contribution in [0, 0.1) is 6.92 Å². The molecule has 3 nitrogen and oxygen atoms in total. The summed E-state index contributed by atoms with van der Waals surface area (Å²) in [5.74, 6) is -0.397. The molecule has 2 rings (SSSR count). The van der Waals surface area contributed by atoms with Gasteiger partial charge in [-0.15, -0.1) is 0 Å². The highest BCUT2D eigenvalue weighted by Crippen LogP contribution is 2.09. The fraction of sp³-hybridized carbons (Fsp3) is 0.0714. The molecule has 2 aromatic rings. The van der Waals surface area contributed by atoms with E-state index in [1.54, 1.807) is 24.3 Å². The van der Waals surface area contributed by atoms with Crippen molar-refractivity contribution in [3.63, 3.8) is 0 Å². The van der Waals surface area contributed by atoms with Crippen LogP contribution in [-0.2, 0) is 4.84 Å². The fourth-order valence-corrected chi connectivity index (χ4v) is 1.36. The van der Waals surface area contributed by atoms with E-state index in [4.69, 9.17) is 4.84 Å². The van der Waals surface area contributed by atoms with Gasteiger partial charge in [0.2, 0.25) is 0 Å². The van der Waals surface area contributed by atoms with Crippen LogP contribution in [-0.4, -0.2) is 5.97 Å². The zero-order chi connectivity index (χ0) is 12.1. The molecule has 0 amide bonds.